The van der Waals surface area contributed by atoms with Crippen molar-refractivity contribution in [3.05, 3.63) is 29.8 Å². The molecule has 1 aliphatic carbocycles. The molecule has 24 heavy (non-hydrogen) atoms. The molecule has 5 nitrogen and oxygen atoms in total. The van der Waals surface area contributed by atoms with Crippen LogP contribution in [0.4, 0.5) is 14.5 Å². The Morgan fingerprint density at radius 3 is 2.79 bits per heavy atom. The van der Waals surface area contributed by atoms with E-state index in [1.54, 1.807) is 0 Å². The summed E-state index contributed by atoms with van der Waals surface area (Å²) in [6.07, 6.45) is 4.24. The second-order valence-corrected chi connectivity index (χ2v) is 7.04. The monoisotopic (exact) mass is 353 g/mol. The zero-order chi connectivity index (χ0) is 17.1. The Morgan fingerprint density at radius 2 is 2.08 bits per heavy atom. The van der Waals surface area contributed by atoms with E-state index in [0.717, 1.165) is 37.8 Å². The molecule has 2 aliphatic rings. The molecular formula is C16H17F2N3O2S. The van der Waals surface area contributed by atoms with Gasteiger partial charge in [0.2, 0.25) is 11.8 Å². The third-order valence-electron chi connectivity index (χ3n) is 3.98. The first-order chi connectivity index (χ1) is 11.5. The number of amidine groups is 1. The van der Waals surface area contributed by atoms with Crippen LogP contribution in [0.25, 0.3) is 0 Å². The van der Waals surface area contributed by atoms with Crippen molar-refractivity contribution < 1.29 is 18.4 Å². The predicted molar refractivity (Wildman–Crippen MR) is 88.8 cm³/mol. The lowest BCUT2D eigenvalue weighted by Crippen LogP contribution is -2.28. The van der Waals surface area contributed by atoms with Gasteiger partial charge in [-0.3, -0.25) is 14.6 Å². The van der Waals surface area contributed by atoms with Gasteiger partial charge in [0, 0.05) is 12.5 Å². The van der Waals surface area contributed by atoms with Crippen LogP contribution in [0.15, 0.2) is 23.2 Å². The Kier molecular flexibility index (Phi) is 5.13. The topological polar surface area (TPSA) is 70.6 Å². The summed E-state index contributed by atoms with van der Waals surface area (Å²) in [5.41, 5.74) is -0.107. The van der Waals surface area contributed by atoms with Crippen molar-refractivity contribution in [2.45, 2.75) is 43.4 Å². The first-order valence-electron chi connectivity index (χ1n) is 7.81. The highest BCUT2D eigenvalue weighted by molar-refractivity contribution is 8.15. The van der Waals surface area contributed by atoms with Crippen LogP contribution >= 0.6 is 11.8 Å². The Bertz CT molecular complexity index is 690. The lowest BCUT2D eigenvalue weighted by Gasteiger charge is -2.08. The smallest absolute Gasteiger partial charge is 0.240 e. The van der Waals surface area contributed by atoms with Gasteiger partial charge in [0.25, 0.3) is 0 Å². The number of nitrogens with zero attached hydrogens (tertiary/aromatic N) is 1. The van der Waals surface area contributed by atoms with Gasteiger partial charge in [0.15, 0.2) is 5.17 Å². The molecule has 128 valence electrons. The highest BCUT2D eigenvalue weighted by atomic mass is 32.2. The van der Waals surface area contributed by atoms with E-state index >= 15 is 0 Å². The number of thioether (sulfide) groups is 1. The number of carbonyl (C=O) groups excluding carboxylic acids is 2. The molecule has 3 rings (SSSR count). The first kappa shape index (κ1) is 16.9. The molecule has 1 saturated carbocycles. The lowest BCUT2D eigenvalue weighted by atomic mass is 10.2. The highest BCUT2D eigenvalue weighted by Gasteiger charge is 2.33. The highest BCUT2D eigenvalue weighted by Crippen LogP contribution is 2.27. The average Bonchev–Trinajstić information content (AvgIpc) is 3.13. The van der Waals surface area contributed by atoms with E-state index < -0.39 is 22.8 Å². The molecule has 2 amide bonds. The van der Waals surface area contributed by atoms with Crippen molar-refractivity contribution in [1.29, 1.82) is 0 Å². The third-order valence-corrected chi connectivity index (χ3v) is 5.07. The van der Waals surface area contributed by atoms with Crippen molar-refractivity contribution in [2.75, 3.05) is 5.32 Å². The molecule has 8 heteroatoms. The number of nitrogens with one attached hydrogen (secondary N) is 2. The van der Waals surface area contributed by atoms with Crippen LogP contribution in [0, 0.1) is 11.6 Å². The van der Waals surface area contributed by atoms with E-state index in [0.29, 0.717) is 11.2 Å². The van der Waals surface area contributed by atoms with E-state index in [-0.39, 0.29) is 24.1 Å². The maximum absolute atomic E-state index is 13.5. The molecule has 1 aromatic carbocycles. The molecule has 0 bridgehead atoms. The Balaban J connectivity index is 1.57. The van der Waals surface area contributed by atoms with E-state index in [1.807, 2.05) is 0 Å². The number of hydrogen-bond donors (Lipinski definition) is 2. The number of anilines is 1. The summed E-state index contributed by atoms with van der Waals surface area (Å²) in [6.45, 7) is 0. The Hall–Kier alpha value is -1.96. The Morgan fingerprint density at radius 1 is 1.33 bits per heavy atom. The van der Waals surface area contributed by atoms with E-state index in [1.165, 1.54) is 11.8 Å². The van der Waals surface area contributed by atoms with Gasteiger partial charge in [-0.2, -0.15) is 0 Å². The second kappa shape index (κ2) is 7.29. The molecule has 1 aliphatic heterocycles. The zero-order valence-electron chi connectivity index (χ0n) is 12.9. The summed E-state index contributed by atoms with van der Waals surface area (Å²) in [5.74, 6) is -2.35. The summed E-state index contributed by atoms with van der Waals surface area (Å²) < 4.78 is 26.4. The maximum Gasteiger partial charge on any atom is 0.240 e. The summed E-state index contributed by atoms with van der Waals surface area (Å²) in [6, 6.07) is 3.15. The number of amides is 2. The van der Waals surface area contributed by atoms with Gasteiger partial charge < -0.3 is 10.6 Å². The molecule has 1 aromatic rings. The van der Waals surface area contributed by atoms with Crippen LogP contribution in [0.3, 0.4) is 0 Å². The minimum absolute atomic E-state index is 0.100. The fraction of sp³-hybridized carbons (Fsp3) is 0.438. The number of benzene rings is 1. The van der Waals surface area contributed by atoms with Crippen LogP contribution < -0.4 is 10.6 Å². The van der Waals surface area contributed by atoms with Crippen LogP contribution in [0.1, 0.15) is 32.1 Å². The molecule has 2 N–H and O–H groups in total. The van der Waals surface area contributed by atoms with Crippen molar-refractivity contribution >= 4 is 34.4 Å². The number of aliphatic imine (C=N–C) groups is 1. The molecule has 0 radical (unpaired) electrons. The van der Waals surface area contributed by atoms with Gasteiger partial charge in [-0.25, -0.2) is 8.78 Å². The summed E-state index contributed by atoms with van der Waals surface area (Å²) in [4.78, 5) is 28.4. The number of halogens is 2. The number of rotatable bonds is 4. The van der Waals surface area contributed by atoms with Gasteiger partial charge in [0.1, 0.15) is 16.9 Å². The van der Waals surface area contributed by atoms with Crippen LogP contribution in [0.5, 0.6) is 0 Å². The lowest BCUT2D eigenvalue weighted by molar-refractivity contribution is -0.122. The fourth-order valence-electron chi connectivity index (χ4n) is 2.76. The molecule has 0 aromatic heterocycles. The van der Waals surface area contributed by atoms with Gasteiger partial charge >= 0.3 is 0 Å². The van der Waals surface area contributed by atoms with Gasteiger partial charge in [-0.15, -0.1) is 0 Å². The van der Waals surface area contributed by atoms with E-state index in [4.69, 9.17) is 0 Å². The largest absolute Gasteiger partial charge is 0.324 e. The molecular weight excluding hydrogens is 336 g/mol. The quantitative estimate of drug-likeness (QED) is 0.874. The van der Waals surface area contributed by atoms with E-state index in [9.17, 15) is 18.4 Å². The van der Waals surface area contributed by atoms with Gasteiger partial charge in [0.05, 0.1) is 11.7 Å². The fourth-order valence-corrected chi connectivity index (χ4v) is 3.80. The minimum Gasteiger partial charge on any atom is -0.324 e. The number of hydrogen-bond acceptors (Lipinski definition) is 4. The predicted octanol–water partition coefficient (Wildman–Crippen LogP) is 2.82. The SMILES string of the molecule is O=C(C[C@@H]1SC(=NC2CCCC2)NC1=O)Nc1ccc(F)cc1F. The summed E-state index contributed by atoms with van der Waals surface area (Å²) >= 11 is 1.23. The van der Waals surface area contributed by atoms with Gasteiger partial charge in [-0.05, 0) is 25.0 Å². The molecule has 1 saturated heterocycles. The van der Waals surface area contributed by atoms with Crippen LogP contribution in [-0.4, -0.2) is 28.3 Å². The van der Waals surface area contributed by atoms with Crippen molar-refractivity contribution in [2.24, 2.45) is 4.99 Å². The first-order valence-corrected chi connectivity index (χ1v) is 8.69. The van der Waals surface area contributed by atoms with E-state index in [2.05, 4.69) is 15.6 Å². The van der Waals surface area contributed by atoms with Crippen molar-refractivity contribution in [1.82, 2.24) is 5.32 Å². The van der Waals surface area contributed by atoms with Crippen LogP contribution in [-0.2, 0) is 9.59 Å². The normalized spacial score (nSPS) is 22.8. The third kappa shape index (κ3) is 4.11. The maximum atomic E-state index is 13.5. The van der Waals surface area contributed by atoms with Crippen molar-refractivity contribution in [3.63, 3.8) is 0 Å². The second-order valence-electron chi connectivity index (χ2n) is 5.84. The molecule has 0 spiro atoms. The van der Waals surface area contributed by atoms with Gasteiger partial charge in [-0.1, -0.05) is 24.6 Å². The molecule has 0 unspecified atom stereocenters. The number of carbonyl (C=O) groups is 2. The molecule has 1 heterocycles. The molecule has 1 atom stereocenters. The average molecular weight is 353 g/mol. The van der Waals surface area contributed by atoms with Crippen molar-refractivity contribution in [3.8, 4) is 0 Å². The van der Waals surface area contributed by atoms with Crippen LogP contribution in [0.2, 0.25) is 0 Å². The summed E-state index contributed by atoms with van der Waals surface area (Å²) in [5, 5.41) is 5.01. The molecule has 2 fully saturated rings. The zero-order valence-corrected chi connectivity index (χ0v) is 13.7. The minimum atomic E-state index is -0.852. The summed E-state index contributed by atoms with van der Waals surface area (Å²) in [7, 11) is 0. The standard InChI is InChI=1S/C16H17F2N3O2S/c17-9-5-6-12(11(18)7-9)20-14(22)8-13-15(23)21-16(24-13)19-10-3-1-2-4-10/h5-7,10,13H,1-4,8H2,(H,20,22)(H,19,21,23)/t13-/m0/s1. The Labute approximate surface area is 142 Å².